The van der Waals surface area contributed by atoms with E-state index in [-0.39, 0.29) is 11.5 Å². The Hall–Kier alpha value is -2.40. The van der Waals surface area contributed by atoms with Gasteiger partial charge in [-0.25, -0.2) is 13.4 Å². The van der Waals surface area contributed by atoms with Crippen molar-refractivity contribution in [2.24, 2.45) is 0 Å². The van der Waals surface area contributed by atoms with E-state index in [9.17, 15) is 8.42 Å². The van der Waals surface area contributed by atoms with Gasteiger partial charge in [0.15, 0.2) is 9.84 Å². The first kappa shape index (κ1) is 15.5. The summed E-state index contributed by atoms with van der Waals surface area (Å²) in [6.07, 6.45) is 1.41. The zero-order valence-electron chi connectivity index (χ0n) is 12.8. The van der Waals surface area contributed by atoms with Gasteiger partial charge in [-0.2, -0.15) is 0 Å². The summed E-state index contributed by atoms with van der Waals surface area (Å²) in [7, 11) is -3.29. The molecule has 23 heavy (non-hydrogen) atoms. The van der Waals surface area contributed by atoms with Gasteiger partial charge >= 0.3 is 0 Å². The number of aryl methyl sites for hydroxylation is 1. The molecule has 5 heteroatoms. The molecule has 0 amide bonds. The van der Waals surface area contributed by atoms with Crippen LogP contribution in [0.1, 0.15) is 16.8 Å². The third-order valence-electron chi connectivity index (χ3n) is 3.45. The lowest BCUT2D eigenvalue weighted by molar-refractivity contribution is 0.571. The lowest BCUT2D eigenvalue weighted by Crippen LogP contribution is -2.08. The predicted molar refractivity (Wildman–Crippen MR) is 89.4 cm³/mol. The van der Waals surface area contributed by atoms with E-state index in [0.29, 0.717) is 11.6 Å². The number of rotatable bonds is 5. The summed E-state index contributed by atoms with van der Waals surface area (Å²) in [4.78, 5) is 4.28. The summed E-state index contributed by atoms with van der Waals surface area (Å²) < 4.78 is 30.0. The van der Waals surface area contributed by atoms with Gasteiger partial charge in [0.2, 0.25) is 5.89 Å². The molecule has 0 fully saturated rings. The summed E-state index contributed by atoms with van der Waals surface area (Å²) in [5.74, 6) is 0.309. The minimum atomic E-state index is -3.29. The largest absolute Gasteiger partial charge is 0.444 e. The van der Waals surface area contributed by atoms with Crippen LogP contribution in [-0.2, 0) is 21.3 Å². The Morgan fingerprint density at radius 3 is 2.35 bits per heavy atom. The molecule has 0 saturated heterocycles. The van der Waals surface area contributed by atoms with E-state index < -0.39 is 9.84 Å². The second-order valence-electron chi connectivity index (χ2n) is 5.53. The van der Waals surface area contributed by atoms with Crippen molar-refractivity contribution < 1.29 is 12.8 Å². The highest BCUT2D eigenvalue weighted by molar-refractivity contribution is 7.89. The second kappa shape index (κ2) is 6.38. The number of benzene rings is 2. The van der Waals surface area contributed by atoms with Crippen molar-refractivity contribution in [1.29, 1.82) is 0 Å². The second-order valence-corrected chi connectivity index (χ2v) is 7.59. The molecular formula is C18H17NO3S. The molecular weight excluding hydrogens is 310 g/mol. The van der Waals surface area contributed by atoms with Crippen molar-refractivity contribution in [1.82, 2.24) is 4.98 Å². The number of hydrogen-bond donors (Lipinski definition) is 0. The average molecular weight is 327 g/mol. The molecule has 0 N–H and O–H groups in total. The van der Waals surface area contributed by atoms with Crippen LogP contribution in [-0.4, -0.2) is 13.4 Å². The Morgan fingerprint density at radius 1 is 0.957 bits per heavy atom. The van der Waals surface area contributed by atoms with Crippen molar-refractivity contribution in [3.63, 3.8) is 0 Å². The van der Waals surface area contributed by atoms with E-state index in [1.807, 2.05) is 61.5 Å². The quantitative estimate of drug-likeness (QED) is 0.716. The molecule has 2 aromatic carbocycles. The number of aromatic nitrogens is 1. The van der Waals surface area contributed by atoms with Gasteiger partial charge in [-0.1, -0.05) is 48.0 Å². The zero-order valence-corrected chi connectivity index (χ0v) is 13.6. The third-order valence-corrected chi connectivity index (χ3v) is 4.96. The molecule has 0 saturated carbocycles. The number of oxazole rings is 1. The van der Waals surface area contributed by atoms with Gasteiger partial charge in [0.05, 0.1) is 17.2 Å². The maximum atomic E-state index is 12.3. The Bertz CT molecular complexity index is 882. The smallest absolute Gasteiger partial charge is 0.226 e. The molecule has 4 nitrogen and oxygen atoms in total. The minimum Gasteiger partial charge on any atom is -0.444 e. The molecule has 0 aliphatic heterocycles. The van der Waals surface area contributed by atoms with Gasteiger partial charge in [-0.3, -0.25) is 0 Å². The lowest BCUT2D eigenvalue weighted by Gasteiger charge is -2.03. The molecule has 0 bridgehead atoms. The fourth-order valence-corrected chi connectivity index (χ4v) is 3.69. The number of sulfone groups is 1. The summed E-state index contributed by atoms with van der Waals surface area (Å²) >= 11 is 0. The van der Waals surface area contributed by atoms with Gasteiger partial charge < -0.3 is 4.42 Å². The van der Waals surface area contributed by atoms with E-state index in [4.69, 9.17) is 4.42 Å². The highest BCUT2D eigenvalue weighted by Gasteiger charge is 2.16. The first-order chi connectivity index (χ1) is 11.0. The van der Waals surface area contributed by atoms with Crippen molar-refractivity contribution in [2.45, 2.75) is 18.4 Å². The van der Waals surface area contributed by atoms with E-state index in [0.717, 1.165) is 16.7 Å². The maximum Gasteiger partial charge on any atom is 0.226 e. The lowest BCUT2D eigenvalue weighted by atomic mass is 10.2. The van der Waals surface area contributed by atoms with Crippen molar-refractivity contribution >= 4 is 9.84 Å². The zero-order chi connectivity index (χ0) is 16.3. The van der Waals surface area contributed by atoms with Crippen LogP contribution < -0.4 is 0 Å². The summed E-state index contributed by atoms with van der Waals surface area (Å²) in [5, 5.41) is 0. The Kier molecular flexibility index (Phi) is 4.30. The highest BCUT2D eigenvalue weighted by Crippen LogP contribution is 2.20. The fraction of sp³-hybridized carbons (Fsp3) is 0.167. The van der Waals surface area contributed by atoms with Gasteiger partial charge in [0, 0.05) is 5.56 Å². The van der Waals surface area contributed by atoms with Crippen LogP contribution in [0.2, 0.25) is 0 Å². The normalized spacial score (nSPS) is 11.5. The number of nitrogens with zero attached hydrogens (tertiary/aromatic N) is 1. The Labute approximate surface area is 135 Å². The molecule has 0 unspecified atom stereocenters. The molecule has 3 rings (SSSR count). The molecule has 118 valence electrons. The van der Waals surface area contributed by atoms with E-state index in [1.54, 1.807) is 0 Å². The molecule has 0 radical (unpaired) electrons. The summed E-state index contributed by atoms with van der Waals surface area (Å²) in [6, 6.07) is 16.9. The van der Waals surface area contributed by atoms with Crippen molar-refractivity contribution in [2.75, 3.05) is 0 Å². The molecule has 1 heterocycles. The third kappa shape index (κ3) is 4.07. The van der Waals surface area contributed by atoms with Crippen LogP contribution in [0.5, 0.6) is 0 Å². The molecule has 1 aromatic heterocycles. The molecule has 0 spiro atoms. The van der Waals surface area contributed by atoms with Gasteiger partial charge in [0.25, 0.3) is 0 Å². The van der Waals surface area contributed by atoms with Gasteiger partial charge in [0.1, 0.15) is 6.26 Å². The van der Waals surface area contributed by atoms with E-state index in [1.165, 1.54) is 6.26 Å². The SMILES string of the molecule is Cc1ccc(CS(=O)(=O)Cc2coc(-c3ccccc3)n2)cc1. The van der Waals surface area contributed by atoms with Crippen LogP contribution >= 0.6 is 0 Å². The molecule has 0 aliphatic carbocycles. The molecule has 3 aromatic rings. The standard InChI is InChI=1S/C18H17NO3S/c1-14-7-9-15(10-8-14)12-23(20,21)13-17-11-22-18(19-17)16-5-3-2-4-6-16/h2-11H,12-13H2,1H3. The van der Waals surface area contributed by atoms with Crippen LogP contribution in [0.25, 0.3) is 11.5 Å². The first-order valence-electron chi connectivity index (χ1n) is 7.28. The monoisotopic (exact) mass is 327 g/mol. The van der Waals surface area contributed by atoms with Crippen LogP contribution in [0, 0.1) is 6.92 Å². The van der Waals surface area contributed by atoms with Crippen molar-refractivity contribution in [3.8, 4) is 11.5 Å². The van der Waals surface area contributed by atoms with Gasteiger partial charge in [-0.15, -0.1) is 0 Å². The predicted octanol–water partition coefficient (Wildman–Crippen LogP) is 3.77. The Morgan fingerprint density at radius 2 is 1.65 bits per heavy atom. The average Bonchev–Trinajstić information content (AvgIpc) is 2.98. The number of hydrogen-bond acceptors (Lipinski definition) is 4. The van der Waals surface area contributed by atoms with Crippen LogP contribution in [0.15, 0.2) is 65.3 Å². The highest BCUT2D eigenvalue weighted by atomic mass is 32.2. The van der Waals surface area contributed by atoms with Crippen molar-refractivity contribution in [3.05, 3.63) is 77.7 Å². The summed E-state index contributed by atoms with van der Waals surface area (Å²) in [6.45, 7) is 1.97. The Balaban J connectivity index is 1.73. The van der Waals surface area contributed by atoms with Gasteiger partial charge in [-0.05, 0) is 24.6 Å². The van der Waals surface area contributed by atoms with E-state index >= 15 is 0 Å². The maximum absolute atomic E-state index is 12.3. The molecule has 0 atom stereocenters. The minimum absolute atomic E-state index is 0.000804. The fourth-order valence-electron chi connectivity index (χ4n) is 2.30. The molecule has 0 aliphatic rings. The van der Waals surface area contributed by atoms with Crippen LogP contribution in [0.4, 0.5) is 0 Å². The van der Waals surface area contributed by atoms with Crippen LogP contribution in [0.3, 0.4) is 0 Å². The first-order valence-corrected chi connectivity index (χ1v) is 9.10. The topological polar surface area (TPSA) is 60.2 Å². The summed E-state index contributed by atoms with van der Waals surface area (Å²) in [5.41, 5.74) is 3.14. The van der Waals surface area contributed by atoms with E-state index in [2.05, 4.69) is 4.98 Å².